The van der Waals surface area contributed by atoms with Crippen LogP contribution in [0.5, 0.6) is 0 Å². The van der Waals surface area contributed by atoms with E-state index in [1.165, 1.54) is 6.07 Å². The van der Waals surface area contributed by atoms with Crippen LogP contribution >= 0.6 is 0 Å². The van der Waals surface area contributed by atoms with Crippen LogP contribution in [-0.4, -0.2) is 40.2 Å². The fraction of sp³-hybridized carbons (Fsp3) is 0.296. The van der Waals surface area contributed by atoms with Gasteiger partial charge in [0.2, 0.25) is 0 Å². The number of carbonyl (C=O) groups is 1. The molecule has 1 aliphatic rings. The molecule has 0 radical (unpaired) electrons. The number of fused-ring (bicyclic) bond motifs is 2. The van der Waals surface area contributed by atoms with Gasteiger partial charge in [-0.15, -0.1) is 0 Å². The van der Waals surface area contributed by atoms with Gasteiger partial charge in [0, 0.05) is 29.0 Å². The zero-order valence-corrected chi connectivity index (χ0v) is 19.6. The van der Waals surface area contributed by atoms with Gasteiger partial charge in [-0.05, 0) is 62.6 Å². The maximum Gasteiger partial charge on any atom is 0.255 e. The summed E-state index contributed by atoms with van der Waals surface area (Å²) >= 11 is 0. The van der Waals surface area contributed by atoms with E-state index in [1.807, 2.05) is 26.0 Å². The average Bonchev–Trinajstić information content (AvgIpc) is 3.33. The van der Waals surface area contributed by atoms with Crippen LogP contribution in [0, 0.1) is 5.82 Å². The Kier molecular flexibility index (Phi) is 5.76. The lowest BCUT2D eigenvalue weighted by molar-refractivity contribution is 0.0908. The van der Waals surface area contributed by atoms with E-state index in [0.717, 1.165) is 36.8 Å². The van der Waals surface area contributed by atoms with Crippen molar-refractivity contribution in [1.29, 1.82) is 0 Å². The van der Waals surface area contributed by atoms with E-state index in [1.54, 1.807) is 30.5 Å². The van der Waals surface area contributed by atoms with Crippen molar-refractivity contribution in [1.82, 2.24) is 15.3 Å². The van der Waals surface area contributed by atoms with Crippen LogP contribution in [0.4, 0.5) is 10.2 Å². The molecule has 180 valence electrons. The first-order valence-corrected chi connectivity index (χ1v) is 11.7. The average molecular weight is 475 g/mol. The number of carbonyl (C=O) groups excluding carboxylic acids is 1. The summed E-state index contributed by atoms with van der Waals surface area (Å²) in [5.41, 5.74) is 0.512. The summed E-state index contributed by atoms with van der Waals surface area (Å²) in [5.74, 6) is -0.569. The molecule has 0 aliphatic carbocycles. The molecule has 1 saturated heterocycles. The van der Waals surface area contributed by atoms with Crippen LogP contribution in [0.2, 0.25) is 0 Å². The van der Waals surface area contributed by atoms with Gasteiger partial charge in [-0.25, -0.2) is 9.37 Å². The van der Waals surface area contributed by atoms with Gasteiger partial charge in [0.1, 0.15) is 11.6 Å². The Hall–Kier alpha value is -3.78. The Balaban J connectivity index is 1.42. The van der Waals surface area contributed by atoms with Gasteiger partial charge in [0.05, 0.1) is 29.3 Å². The summed E-state index contributed by atoms with van der Waals surface area (Å²) in [7, 11) is 0. The number of anilines is 1. The highest BCUT2D eigenvalue weighted by Gasteiger charge is 2.28. The molecule has 2 aromatic carbocycles. The van der Waals surface area contributed by atoms with Gasteiger partial charge in [-0.2, -0.15) is 0 Å². The van der Waals surface area contributed by atoms with E-state index in [4.69, 9.17) is 0 Å². The first-order valence-electron chi connectivity index (χ1n) is 11.7. The standard InChI is InChI=1S/C27H27FN4O3/c1-27(2,16-9-10-24(29-14-16)32-11-5-6-17(32)15-33)31-26(35)19-13-23-20(12-21(19)28)25(34)18-7-3-4-8-22(18)30-23/h3-4,7-10,12-14,17,33H,5-6,11,15H2,1-2H3,(H,30,34)(H,31,35)/t17-/m0/s1. The van der Waals surface area contributed by atoms with Crippen molar-refractivity contribution in [3.05, 3.63) is 81.9 Å². The number of hydrogen-bond acceptors (Lipinski definition) is 5. The number of para-hydroxylation sites is 1. The molecule has 35 heavy (non-hydrogen) atoms. The molecule has 1 fully saturated rings. The van der Waals surface area contributed by atoms with Gasteiger partial charge in [-0.1, -0.05) is 18.2 Å². The molecule has 4 aromatic rings. The molecular weight excluding hydrogens is 447 g/mol. The number of pyridine rings is 2. The van der Waals surface area contributed by atoms with E-state index in [2.05, 4.69) is 20.2 Å². The second kappa shape index (κ2) is 8.78. The zero-order valence-electron chi connectivity index (χ0n) is 19.6. The smallest absolute Gasteiger partial charge is 0.255 e. The number of aliphatic hydroxyl groups excluding tert-OH is 1. The molecule has 2 aromatic heterocycles. The quantitative estimate of drug-likeness (QED) is 0.382. The predicted molar refractivity (Wildman–Crippen MR) is 134 cm³/mol. The van der Waals surface area contributed by atoms with Crippen molar-refractivity contribution in [3.63, 3.8) is 0 Å². The van der Waals surface area contributed by atoms with E-state index in [-0.39, 0.29) is 29.0 Å². The van der Waals surface area contributed by atoms with Crippen molar-refractivity contribution in [2.75, 3.05) is 18.1 Å². The lowest BCUT2D eigenvalue weighted by Crippen LogP contribution is -2.41. The van der Waals surface area contributed by atoms with Crippen molar-refractivity contribution in [2.24, 2.45) is 0 Å². The van der Waals surface area contributed by atoms with Gasteiger partial charge in [-0.3, -0.25) is 9.59 Å². The second-order valence-corrected chi connectivity index (χ2v) is 9.53. The maximum absolute atomic E-state index is 15.0. The third-order valence-corrected chi connectivity index (χ3v) is 6.82. The topological polar surface area (TPSA) is 98.3 Å². The molecule has 0 unspecified atom stereocenters. The minimum Gasteiger partial charge on any atom is -0.394 e. The minimum absolute atomic E-state index is 0.0699. The third kappa shape index (κ3) is 4.14. The number of aromatic amines is 1. The van der Waals surface area contributed by atoms with Gasteiger partial charge >= 0.3 is 0 Å². The maximum atomic E-state index is 15.0. The van der Waals surface area contributed by atoms with Crippen molar-refractivity contribution in [2.45, 2.75) is 38.3 Å². The lowest BCUT2D eigenvalue weighted by Gasteiger charge is -2.28. The van der Waals surface area contributed by atoms with Crippen molar-refractivity contribution < 1.29 is 14.3 Å². The first-order chi connectivity index (χ1) is 16.8. The molecule has 1 aliphatic heterocycles. The van der Waals surface area contributed by atoms with Gasteiger partial charge in [0.15, 0.2) is 5.43 Å². The number of nitrogens with one attached hydrogen (secondary N) is 2. The number of benzene rings is 2. The molecular formula is C27H27FN4O3. The normalized spacial score (nSPS) is 16.2. The largest absolute Gasteiger partial charge is 0.394 e. The van der Waals surface area contributed by atoms with E-state index in [0.29, 0.717) is 16.4 Å². The summed E-state index contributed by atoms with van der Waals surface area (Å²) in [5, 5.41) is 13.1. The van der Waals surface area contributed by atoms with Crippen LogP contribution in [0.25, 0.3) is 21.8 Å². The number of rotatable bonds is 5. The molecule has 1 amide bonds. The highest BCUT2D eigenvalue weighted by molar-refractivity contribution is 6.00. The summed E-state index contributed by atoms with van der Waals surface area (Å²) in [6.07, 6.45) is 3.64. The number of halogens is 1. The Morgan fingerprint density at radius 1 is 1.20 bits per heavy atom. The molecule has 5 rings (SSSR count). The molecule has 0 bridgehead atoms. The van der Waals surface area contributed by atoms with Crippen LogP contribution in [0.15, 0.2) is 59.5 Å². The first kappa shape index (κ1) is 23.0. The number of H-pyrrole nitrogens is 1. The number of aliphatic hydroxyl groups is 1. The monoisotopic (exact) mass is 474 g/mol. The third-order valence-electron chi connectivity index (χ3n) is 6.82. The predicted octanol–water partition coefficient (Wildman–Crippen LogP) is 3.84. The highest BCUT2D eigenvalue weighted by Crippen LogP contribution is 2.27. The van der Waals surface area contributed by atoms with E-state index >= 15 is 0 Å². The van der Waals surface area contributed by atoms with Crippen LogP contribution in [-0.2, 0) is 5.54 Å². The van der Waals surface area contributed by atoms with Crippen molar-refractivity contribution >= 4 is 33.5 Å². The fourth-order valence-corrected chi connectivity index (χ4v) is 4.79. The SMILES string of the molecule is CC(C)(NC(=O)c1cc2[nH]c3ccccc3c(=O)c2cc1F)c1ccc(N2CCC[C@H]2CO)nc1. The minimum atomic E-state index is -0.831. The molecule has 1 atom stereocenters. The molecule has 3 N–H and O–H groups in total. The number of amides is 1. The molecule has 0 saturated carbocycles. The number of hydrogen-bond donors (Lipinski definition) is 3. The number of nitrogens with zero attached hydrogens (tertiary/aromatic N) is 2. The Morgan fingerprint density at radius 3 is 2.74 bits per heavy atom. The van der Waals surface area contributed by atoms with Crippen molar-refractivity contribution in [3.8, 4) is 0 Å². The van der Waals surface area contributed by atoms with Crippen LogP contribution < -0.4 is 15.6 Å². The summed E-state index contributed by atoms with van der Waals surface area (Å²) < 4.78 is 15.0. The Morgan fingerprint density at radius 2 is 2.00 bits per heavy atom. The summed E-state index contributed by atoms with van der Waals surface area (Å²) in [6, 6.07) is 13.3. The molecule has 3 heterocycles. The molecule has 0 spiro atoms. The van der Waals surface area contributed by atoms with Gasteiger partial charge < -0.3 is 20.3 Å². The van der Waals surface area contributed by atoms with Crippen LogP contribution in [0.3, 0.4) is 0 Å². The lowest BCUT2D eigenvalue weighted by atomic mass is 9.95. The Labute approximate surface area is 201 Å². The molecule has 7 nitrogen and oxygen atoms in total. The number of aromatic nitrogens is 2. The molecule has 8 heteroatoms. The zero-order chi connectivity index (χ0) is 24.7. The summed E-state index contributed by atoms with van der Waals surface area (Å²) in [6.45, 7) is 4.57. The van der Waals surface area contributed by atoms with Crippen LogP contribution in [0.1, 0.15) is 42.6 Å². The van der Waals surface area contributed by atoms with Gasteiger partial charge in [0.25, 0.3) is 5.91 Å². The highest BCUT2D eigenvalue weighted by atomic mass is 19.1. The summed E-state index contributed by atoms with van der Waals surface area (Å²) in [4.78, 5) is 35.7. The van der Waals surface area contributed by atoms with E-state index < -0.39 is 17.3 Å². The van der Waals surface area contributed by atoms with E-state index in [9.17, 15) is 19.1 Å². The second-order valence-electron chi connectivity index (χ2n) is 9.53. The Bertz CT molecular complexity index is 1480. The fourth-order valence-electron chi connectivity index (χ4n) is 4.79.